The minimum absolute atomic E-state index is 0.0535. The SMILES string of the molecule is CS(=O)(=O)c1ccc(F)c(NC(=O)c2ccccc2)c1. The average molecular weight is 293 g/mol. The third-order valence-electron chi connectivity index (χ3n) is 2.65. The molecule has 0 spiro atoms. The maximum atomic E-state index is 13.6. The van der Waals surface area contributed by atoms with Crippen LogP contribution in [0.1, 0.15) is 10.4 Å². The van der Waals surface area contributed by atoms with Crippen molar-refractivity contribution >= 4 is 21.4 Å². The summed E-state index contributed by atoms with van der Waals surface area (Å²) in [6.45, 7) is 0. The van der Waals surface area contributed by atoms with Crippen molar-refractivity contribution < 1.29 is 17.6 Å². The molecule has 0 bridgehead atoms. The van der Waals surface area contributed by atoms with E-state index in [1.54, 1.807) is 30.3 Å². The summed E-state index contributed by atoms with van der Waals surface area (Å²) in [4.78, 5) is 11.8. The van der Waals surface area contributed by atoms with Gasteiger partial charge >= 0.3 is 0 Å². The molecule has 0 unspecified atom stereocenters. The Hall–Kier alpha value is -2.21. The molecule has 2 aromatic carbocycles. The second-order valence-electron chi connectivity index (χ2n) is 4.23. The minimum Gasteiger partial charge on any atom is -0.319 e. The number of rotatable bonds is 3. The van der Waals surface area contributed by atoms with E-state index in [1.807, 2.05) is 0 Å². The van der Waals surface area contributed by atoms with Gasteiger partial charge in [0.2, 0.25) is 0 Å². The van der Waals surface area contributed by atoms with Crippen molar-refractivity contribution in [2.24, 2.45) is 0 Å². The molecule has 20 heavy (non-hydrogen) atoms. The van der Waals surface area contributed by atoms with Crippen molar-refractivity contribution in [2.75, 3.05) is 11.6 Å². The number of anilines is 1. The minimum atomic E-state index is -3.46. The second-order valence-corrected chi connectivity index (χ2v) is 6.25. The molecule has 0 aliphatic carbocycles. The number of halogens is 1. The lowest BCUT2D eigenvalue weighted by Crippen LogP contribution is -2.13. The first kappa shape index (κ1) is 14.2. The summed E-state index contributed by atoms with van der Waals surface area (Å²) in [5.41, 5.74) is 0.193. The number of nitrogens with one attached hydrogen (secondary N) is 1. The van der Waals surface area contributed by atoms with Crippen LogP contribution in [0.4, 0.5) is 10.1 Å². The van der Waals surface area contributed by atoms with Crippen LogP contribution in [-0.2, 0) is 9.84 Å². The number of sulfone groups is 1. The first-order valence-electron chi connectivity index (χ1n) is 5.74. The zero-order valence-corrected chi connectivity index (χ0v) is 11.4. The number of carbonyl (C=O) groups is 1. The Kier molecular flexibility index (Phi) is 3.85. The van der Waals surface area contributed by atoms with Crippen molar-refractivity contribution in [3.05, 3.63) is 59.9 Å². The smallest absolute Gasteiger partial charge is 0.255 e. The van der Waals surface area contributed by atoms with Crippen LogP contribution < -0.4 is 5.32 Å². The molecule has 2 aromatic rings. The Morgan fingerprint density at radius 1 is 1.10 bits per heavy atom. The Bertz CT molecular complexity index is 742. The highest BCUT2D eigenvalue weighted by molar-refractivity contribution is 7.90. The summed E-state index contributed by atoms with van der Waals surface area (Å²) in [5, 5.41) is 2.36. The van der Waals surface area contributed by atoms with Crippen molar-refractivity contribution in [1.82, 2.24) is 0 Å². The quantitative estimate of drug-likeness (QED) is 0.884. The van der Waals surface area contributed by atoms with Crippen molar-refractivity contribution in [1.29, 1.82) is 0 Å². The van der Waals surface area contributed by atoms with E-state index in [1.165, 1.54) is 0 Å². The van der Waals surface area contributed by atoms with Gasteiger partial charge < -0.3 is 5.32 Å². The van der Waals surface area contributed by atoms with E-state index in [9.17, 15) is 17.6 Å². The monoisotopic (exact) mass is 293 g/mol. The lowest BCUT2D eigenvalue weighted by molar-refractivity contribution is 0.102. The fourth-order valence-corrected chi connectivity index (χ4v) is 2.26. The van der Waals surface area contributed by atoms with Crippen LogP contribution in [0.2, 0.25) is 0 Å². The number of benzene rings is 2. The fourth-order valence-electron chi connectivity index (χ4n) is 1.61. The Labute approximate surface area is 116 Å². The Morgan fingerprint density at radius 2 is 1.75 bits per heavy atom. The number of hydrogen-bond acceptors (Lipinski definition) is 3. The van der Waals surface area contributed by atoms with Crippen LogP contribution in [0, 0.1) is 5.82 Å². The van der Waals surface area contributed by atoms with Gasteiger partial charge in [0.25, 0.3) is 5.91 Å². The third kappa shape index (κ3) is 3.21. The molecule has 0 saturated heterocycles. The topological polar surface area (TPSA) is 63.2 Å². The largest absolute Gasteiger partial charge is 0.319 e. The molecule has 4 nitrogen and oxygen atoms in total. The molecule has 0 aliphatic rings. The Balaban J connectivity index is 2.32. The summed E-state index contributed by atoms with van der Waals surface area (Å²) in [6, 6.07) is 11.5. The zero-order chi connectivity index (χ0) is 14.8. The summed E-state index contributed by atoms with van der Waals surface area (Å²) >= 11 is 0. The molecule has 0 heterocycles. The number of hydrogen-bond donors (Lipinski definition) is 1. The van der Waals surface area contributed by atoms with Gasteiger partial charge in [-0.1, -0.05) is 18.2 Å². The molecule has 2 rings (SSSR count). The van der Waals surface area contributed by atoms with Crippen molar-refractivity contribution in [3.63, 3.8) is 0 Å². The highest BCUT2D eigenvalue weighted by atomic mass is 32.2. The van der Waals surface area contributed by atoms with Gasteiger partial charge in [0.1, 0.15) is 5.82 Å². The van der Waals surface area contributed by atoms with Gasteiger partial charge in [0, 0.05) is 11.8 Å². The molecule has 0 aliphatic heterocycles. The second kappa shape index (κ2) is 5.42. The van der Waals surface area contributed by atoms with Crippen LogP contribution in [0.5, 0.6) is 0 Å². The molecule has 104 valence electrons. The lowest BCUT2D eigenvalue weighted by Gasteiger charge is -2.08. The van der Waals surface area contributed by atoms with E-state index in [4.69, 9.17) is 0 Å². The summed E-state index contributed by atoms with van der Waals surface area (Å²) in [5.74, 6) is -1.20. The van der Waals surface area contributed by atoms with Crippen LogP contribution in [-0.4, -0.2) is 20.6 Å². The number of amides is 1. The van der Waals surface area contributed by atoms with Crippen LogP contribution in [0.15, 0.2) is 53.4 Å². The highest BCUT2D eigenvalue weighted by Crippen LogP contribution is 2.20. The van der Waals surface area contributed by atoms with E-state index >= 15 is 0 Å². The van der Waals surface area contributed by atoms with Crippen LogP contribution in [0.25, 0.3) is 0 Å². The van der Waals surface area contributed by atoms with Gasteiger partial charge in [0.15, 0.2) is 9.84 Å². The maximum Gasteiger partial charge on any atom is 0.255 e. The van der Waals surface area contributed by atoms with E-state index in [2.05, 4.69) is 5.32 Å². The predicted molar refractivity (Wildman–Crippen MR) is 73.9 cm³/mol. The highest BCUT2D eigenvalue weighted by Gasteiger charge is 2.13. The number of carbonyl (C=O) groups excluding carboxylic acids is 1. The normalized spacial score (nSPS) is 11.1. The molecular formula is C14H12FNO3S. The summed E-state index contributed by atoms with van der Waals surface area (Å²) < 4.78 is 36.5. The van der Waals surface area contributed by atoms with E-state index < -0.39 is 21.6 Å². The van der Waals surface area contributed by atoms with Gasteiger partial charge in [-0.25, -0.2) is 12.8 Å². The van der Waals surface area contributed by atoms with Crippen molar-refractivity contribution in [2.45, 2.75) is 4.90 Å². The van der Waals surface area contributed by atoms with E-state index in [-0.39, 0.29) is 10.6 Å². The van der Waals surface area contributed by atoms with Gasteiger partial charge in [-0.2, -0.15) is 0 Å². The first-order valence-corrected chi connectivity index (χ1v) is 7.63. The third-order valence-corrected chi connectivity index (χ3v) is 3.76. The molecule has 1 N–H and O–H groups in total. The van der Waals surface area contributed by atoms with Crippen LogP contribution >= 0.6 is 0 Å². The first-order chi connectivity index (χ1) is 9.38. The van der Waals surface area contributed by atoms with Gasteiger partial charge in [-0.05, 0) is 30.3 Å². The van der Waals surface area contributed by atoms with Crippen molar-refractivity contribution in [3.8, 4) is 0 Å². The van der Waals surface area contributed by atoms with Gasteiger partial charge in [-0.3, -0.25) is 4.79 Å². The molecule has 1 amide bonds. The standard InChI is InChI=1S/C14H12FNO3S/c1-20(18,19)11-7-8-12(15)13(9-11)16-14(17)10-5-3-2-4-6-10/h2-9H,1H3,(H,16,17). The van der Waals surface area contributed by atoms with E-state index in [0.29, 0.717) is 5.56 Å². The zero-order valence-electron chi connectivity index (χ0n) is 10.6. The van der Waals surface area contributed by atoms with Crippen LogP contribution in [0.3, 0.4) is 0 Å². The predicted octanol–water partition coefficient (Wildman–Crippen LogP) is 2.48. The van der Waals surface area contributed by atoms with Gasteiger partial charge in [-0.15, -0.1) is 0 Å². The fraction of sp³-hybridized carbons (Fsp3) is 0.0714. The maximum absolute atomic E-state index is 13.6. The average Bonchev–Trinajstić information content (AvgIpc) is 2.41. The van der Waals surface area contributed by atoms with Gasteiger partial charge in [0.05, 0.1) is 10.6 Å². The molecule has 0 radical (unpaired) electrons. The Morgan fingerprint density at radius 3 is 2.35 bits per heavy atom. The van der Waals surface area contributed by atoms with E-state index in [0.717, 1.165) is 24.5 Å². The molecular weight excluding hydrogens is 281 g/mol. The molecule has 0 fully saturated rings. The summed E-state index contributed by atoms with van der Waals surface area (Å²) in [7, 11) is -3.46. The molecule has 6 heteroatoms. The molecule has 0 atom stereocenters. The lowest BCUT2D eigenvalue weighted by atomic mass is 10.2. The molecule has 0 aromatic heterocycles. The summed E-state index contributed by atoms with van der Waals surface area (Å²) in [6.07, 6.45) is 1.02. The molecule has 0 saturated carbocycles.